The highest BCUT2D eigenvalue weighted by Gasteiger charge is 2.24. The van der Waals surface area contributed by atoms with Crippen molar-refractivity contribution in [2.75, 3.05) is 26.4 Å². The van der Waals surface area contributed by atoms with Gasteiger partial charge in [-0.25, -0.2) is 9.97 Å². The van der Waals surface area contributed by atoms with Gasteiger partial charge >= 0.3 is 0 Å². The summed E-state index contributed by atoms with van der Waals surface area (Å²) in [6.07, 6.45) is 4.50. The molecule has 4 heterocycles. The van der Waals surface area contributed by atoms with Gasteiger partial charge in [0.15, 0.2) is 0 Å². The van der Waals surface area contributed by atoms with Gasteiger partial charge in [-0.1, -0.05) is 12.1 Å². The average molecular weight is 522 g/mol. The van der Waals surface area contributed by atoms with Crippen LogP contribution in [-0.2, 0) is 9.47 Å². The van der Waals surface area contributed by atoms with Crippen molar-refractivity contribution >= 4 is 11.0 Å². The summed E-state index contributed by atoms with van der Waals surface area (Å²) >= 11 is 0. The van der Waals surface area contributed by atoms with Crippen LogP contribution in [0.2, 0.25) is 0 Å². The zero-order chi connectivity index (χ0) is 26.6. The molecule has 2 fully saturated rings. The first-order chi connectivity index (χ1) is 19.2. The number of fused-ring (bicyclic) bond motifs is 1. The molecule has 4 aromatic rings. The predicted octanol–water partition coefficient (Wildman–Crippen LogP) is 5.15. The van der Waals surface area contributed by atoms with Gasteiger partial charge in [-0.15, -0.1) is 0 Å². The molecule has 0 spiro atoms. The number of hydrogen-bond acceptors (Lipinski definition) is 8. The van der Waals surface area contributed by atoms with Crippen LogP contribution in [0.15, 0.2) is 48.8 Å². The number of hydrogen-bond donors (Lipinski definition) is 1. The largest absolute Gasteiger partial charge is 0.488 e. The molecule has 39 heavy (non-hydrogen) atoms. The summed E-state index contributed by atoms with van der Waals surface area (Å²) < 4.78 is 23.7. The van der Waals surface area contributed by atoms with Gasteiger partial charge in [0.1, 0.15) is 47.8 Å². The molecular weight excluding hydrogens is 494 g/mol. The fourth-order valence-electron chi connectivity index (χ4n) is 5.12. The fourth-order valence-corrected chi connectivity index (χ4v) is 5.12. The number of aromatic nitrogens is 3. The van der Waals surface area contributed by atoms with Gasteiger partial charge in [0, 0.05) is 42.2 Å². The van der Waals surface area contributed by atoms with Crippen LogP contribution in [0.3, 0.4) is 0 Å². The Morgan fingerprint density at radius 1 is 0.769 bits per heavy atom. The molecule has 2 saturated heterocycles. The molecule has 2 aliphatic rings. The van der Waals surface area contributed by atoms with E-state index in [2.05, 4.69) is 27.1 Å². The number of para-hydroxylation sites is 2. The number of rotatable bonds is 6. The van der Waals surface area contributed by atoms with E-state index in [0.717, 1.165) is 47.9 Å². The zero-order valence-corrected chi connectivity index (χ0v) is 21.4. The number of nitriles is 2. The van der Waals surface area contributed by atoms with E-state index >= 15 is 0 Å². The van der Waals surface area contributed by atoms with Gasteiger partial charge in [0.2, 0.25) is 0 Å². The monoisotopic (exact) mass is 521 g/mol. The van der Waals surface area contributed by atoms with Crippen LogP contribution in [-0.4, -0.2) is 53.6 Å². The van der Waals surface area contributed by atoms with E-state index < -0.39 is 0 Å². The molecule has 2 aliphatic heterocycles. The van der Waals surface area contributed by atoms with Crippen LogP contribution in [0.4, 0.5) is 0 Å². The summed E-state index contributed by atoms with van der Waals surface area (Å²) in [7, 11) is 0. The Kier molecular flexibility index (Phi) is 7.09. The van der Waals surface area contributed by atoms with E-state index in [1.165, 1.54) is 6.33 Å². The highest BCUT2D eigenvalue weighted by Crippen LogP contribution is 2.40. The number of ether oxygens (including phenoxy) is 4. The molecular formula is C30H27N5O4. The first-order valence-corrected chi connectivity index (χ1v) is 13.1. The topological polar surface area (TPSA) is 126 Å². The van der Waals surface area contributed by atoms with Crippen molar-refractivity contribution in [1.29, 1.82) is 10.5 Å². The Bertz CT molecular complexity index is 1570. The Morgan fingerprint density at radius 3 is 1.92 bits per heavy atom. The molecule has 0 radical (unpaired) electrons. The highest BCUT2D eigenvalue weighted by atomic mass is 16.5. The number of aromatic amines is 1. The third-order valence-corrected chi connectivity index (χ3v) is 7.15. The Morgan fingerprint density at radius 2 is 1.33 bits per heavy atom. The van der Waals surface area contributed by atoms with E-state index in [1.807, 2.05) is 30.3 Å². The quantitative estimate of drug-likeness (QED) is 0.369. The minimum atomic E-state index is -0.0373. The minimum Gasteiger partial charge on any atom is -0.488 e. The normalized spacial score (nSPS) is 16.5. The van der Waals surface area contributed by atoms with Crippen LogP contribution in [0.25, 0.3) is 33.5 Å². The Balaban J connectivity index is 1.44. The van der Waals surface area contributed by atoms with E-state index in [0.29, 0.717) is 60.4 Å². The molecule has 2 aromatic heterocycles. The fraction of sp³-hybridized carbons (Fsp3) is 0.333. The molecule has 0 atom stereocenters. The van der Waals surface area contributed by atoms with Crippen LogP contribution in [0, 0.1) is 22.7 Å². The molecule has 9 nitrogen and oxygen atoms in total. The van der Waals surface area contributed by atoms with E-state index in [4.69, 9.17) is 18.9 Å². The van der Waals surface area contributed by atoms with Crippen molar-refractivity contribution < 1.29 is 18.9 Å². The first-order valence-electron chi connectivity index (χ1n) is 13.1. The molecule has 196 valence electrons. The van der Waals surface area contributed by atoms with Crippen molar-refractivity contribution in [3.05, 3.63) is 59.9 Å². The van der Waals surface area contributed by atoms with E-state index in [1.54, 1.807) is 12.1 Å². The van der Waals surface area contributed by atoms with Crippen LogP contribution >= 0.6 is 0 Å². The molecule has 2 aromatic carbocycles. The van der Waals surface area contributed by atoms with Crippen LogP contribution in [0.5, 0.6) is 11.5 Å². The summed E-state index contributed by atoms with van der Waals surface area (Å²) in [6.45, 7) is 2.54. The molecule has 6 rings (SSSR count). The Hall–Kier alpha value is -4.44. The summed E-state index contributed by atoms with van der Waals surface area (Å²) in [6, 6.07) is 17.6. The summed E-state index contributed by atoms with van der Waals surface area (Å²) in [5, 5.41) is 20.5. The summed E-state index contributed by atoms with van der Waals surface area (Å²) in [5.74, 6) is 1.06. The number of nitrogens with one attached hydrogen (secondary N) is 1. The molecule has 0 unspecified atom stereocenters. The van der Waals surface area contributed by atoms with E-state index in [9.17, 15) is 10.5 Å². The second-order valence-electron chi connectivity index (χ2n) is 9.61. The van der Waals surface area contributed by atoms with E-state index in [-0.39, 0.29) is 12.2 Å². The summed E-state index contributed by atoms with van der Waals surface area (Å²) in [4.78, 5) is 12.5. The SMILES string of the molecule is N#Cc1cccc(-c2cc3c(-c4cccc(C#N)c4OC4CCOCC4)ncnc3[nH]2)c1OC1CCOCC1. The maximum atomic E-state index is 9.86. The van der Waals surface area contributed by atoms with Crippen LogP contribution < -0.4 is 9.47 Å². The lowest BCUT2D eigenvalue weighted by atomic mass is 10.0. The average Bonchev–Trinajstić information content (AvgIpc) is 3.43. The molecule has 1 N–H and O–H groups in total. The second-order valence-corrected chi connectivity index (χ2v) is 9.61. The first kappa shape index (κ1) is 24.9. The molecule has 9 heteroatoms. The number of benzene rings is 2. The zero-order valence-electron chi connectivity index (χ0n) is 21.4. The third-order valence-electron chi connectivity index (χ3n) is 7.15. The lowest BCUT2D eigenvalue weighted by Crippen LogP contribution is -2.26. The van der Waals surface area contributed by atoms with Crippen molar-refractivity contribution in [2.45, 2.75) is 37.9 Å². The number of H-pyrrole nitrogens is 1. The maximum absolute atomic E-state index is 9.86. The van der Waals surface area contributed by atoms with Gasteiger partial charge in [-0.3, -0.25) is 0 Å². The molecule has 0 saturated carbocycles. The van der Waals surface area contributed by atoms with Crippen molar-refractivity contribution in [2.24, 2.45) is 0 Å². The maximum Gasteiger partial charge on any atom is 0.146 e. The van der Waals surface area contributed by atoms with Gasteiger partial charge < -0.3 is 23.9 Å². The van der Waals surface area contributed by atoms with Gasteiger partial charge in [-0.2, -0.15) is 10.5 Å². The standard InChI is InChI=1S/C30H27N5O4/c31-16-19-3-1-5-23(28(19)38-21-7-11-36-12-8-21)26-15-25-27(33-18-34-30(25)35-26)24-6-2-4-20(17-32)29(24)39-22-9-13-37-14-10-22/h1-6,15,18,21-22H,7-14H2,(H,33,34,35). The molecule has 0 bridgehead atoms. The lowest BCUT2D eigenvalue weighted by Gasteiger charge is -2.25. The number of nitrogens with zero attached hydrogens (tertiary/aromatic N) is 4. The predicted molar refractivity (Wildman–Crippen MR) is 143 cm³/mol. The van der Waals surface area contributed by atoms with Crippen molar-refractivity contribution in [1.82, 2.24) is 15.0 Å². The molecule has 0 amide bonds. The molecule has 0 aliphatic carbocycles. The van der Waals surface area contributed by atoms with Crippen molar-refractivity contribution in [3.63, 3.8) is 0 Å². The lowest BCUT2D eigenvalue weighted by molar-refractivity contribution is 0.0254. The van der Waals surface area contributed by atoms with Gasteiger partial charge in [0.05, 0.1) is 48.9 Å². The smallest absolute Gasteiger partial charge is 0.146 e. The van der Waals surface area contributed by atoms with Crippen molar-refractivity contribution in [3.8, 4) is 46.2 Å². The third kappa shape index (κ3) is 5.03. The Labute approximate surface area is 225 Å². The van der Waals surface area contributed by atoms with Gasteiger partial charge in [0.25, 0.3) is 0 Å². The minimum absolute atomic E-state index is 0.0228. The second kappa shape index (κ2) is 11.1. The van der Waals surface area contributed by atoms with Crippen LogP contribution in [0.1, 0.15) is 36.8 Å². The summed E-state index contributed by atoms with van der Waals surface area (Å²) in [5.41, 5.74) is 4.47. The highest BCUT2D eigenvalue weighted by molar-refractivity contribution is 5.96. The van der Waals surface area contributed by atoms with Gasteiger partial charge in [-0.05, 0) is 30.3 Å².